The molecule has 0 saturated carbocycles. The Kier molecular flexibility index (Phi) is 6.26. The van der Waals surface area contributed by atoms with E-state index in [9.17, 15) is 18.0 Å². The van der Waals surface area contributed by atoms with Gasteiger partial charge in [-0.05, 0) is 73.5 Å². The van der Waals surface area contributed by atoms with Crippen LogP contribution in [0.4, 0.5) is 21.9 Å². The lowest BCUT2D eigenvalue weighted by Crippen LogP contribution is -2.19. The number of carbonyl (C=O) groups excluding carboxylic acids is 2. The fourth-order valence-electron chi connectivity index (χ4n) is 2.92. The van der Waals surface area contributed by atoms with Crippen molar-refractivity contribution < 1.29 is 18.0 Å². The maximum Gasteiger partial charge on any atom is 0.316 e. The first-order valence-electron chi connectivity index (χ1n) is 9.32. The summed E-state index contributed by atoms with van der Waals surface area (Å²) in [6.45, 7) is 3.56. The summed E-state index contributed by atoms with van der Waals surface area (Å²) in [4.78, 5) is 23.6. The summed E-state index contributed by atoms with van der Waals surface area (Å²) < 4.78 is 28.0. The number of nitrogens with two attached hydrogens (primary N) is 1. The molecule has 8 nitrogen and oxygen atoms in total. The lowest BCUT2D eigenvalue weighted by atomic mass is 10.2. The number of benzene rings is 3. The number of nitrogens with one attached hydrogen (secondary N) is 3. The van der Waals surface area contributed by atoms with Crippen molar-refractivity contribution in [1.82, 2.24) is 0 Å². The molecule has 9 heteroatoms. The number of rotatable bonds is 6. The standard InChI is InChI=1S/C22H22N4O4S/c1-14-6-7-15(2)20(12-14)31(29,30)26-17-10-8-16(9-11-17)21(27)24-18-4-3-5-19(13-18)25-22(23)28/h3-13,26H,1-2H3,(H,24,27)(H3,23,25,28). The van der Waals surface area contributed by atoms with Crippen molar-refractivity contribution in [3.63, 3.8) is 0 Å². The third-order valence-corrected chi connectivity index (χ3v) is 5.94. The van der Waals surface area contributed by atoms with Crippen LogP contribution in [0.5, 0.6) is 0 Å². The second kappa shape index (κ2) is 8.88. The van der Waals surface area contributed by atoms with Crippen molar-refractivity contribution in [2.24, 2.45) is 5.73 Å². The molecular weight excluding hydrogens is 416 g/mol. The largest absolute Gasteiger partial charge is 0.351 e. The summed E-state index contributed by atoms with van der Waals surface area (Å²) >= 11 is 0. The van der Waals surface area contributed by atoms with Crippen LogP contribution in [0.1, 0.15) is 21.5 Å². The summed E-state index contributed by atoms with van der Waals surface area (Å²) in [5, 5.41) is 5.14. The molecule has 3 aromatic rings. The Morgan fingerprint density at radius 3 is 2.10 bits per heavy atom. The normalized spacial score (nSPS) is 10.9. The Labute approximate surface area is 180 Å². The van der Waals surface area contributed by atoms with Gasteiger partial charge in [-0.3, -0.25) is 9.52 Å². The maximum absolute atomic E-state index is 12.7. The third kappa shape index (κ3) is 5.61. The molecule has 0 bridgehead atoms. The molecule has 0 aliphatic rings. The molecule has 31 heavy (non-hydrogen) atoms. The first kappa shape index (κ1) is 21.8. The molecular formula is C22H22N4O4S. The van der Waals surface area contributed by atoms with Crippen molar-refractivity contribution >= 4 is 39.0 Å². The van der Waals surface area contributed by atoms with Crippen LogP contribution in [0.15, 0.2) is 71.6 Å². The molecule has 0 saturated heterocycles. The summed E-state index contributed by atoms with van der Waals surface area (Å²) in [6, 6.07) is 17.1. The zero-order valence-electron chi connectivity index (χ0n) is 17.0. The van der Waals surface area contributed by atoms with Gasteiger partial charge in [0, 0.05) is 22.6 Å². The minimum atomic E-state index is -3.76. The molecule has 160 valence electrons. The number of urea groups is 1. The van der Waals surface area contributed by atoms with E-state index in [-0.39, 0.29) is 10.8 Å². The van der Waals surface area contributed by atoms with E-state index >= 15 is 0 Å². The number of amides is 3. The molecule has 0 aliphatic heterocycles. The second-order valence-electron chi connectivity index (χ2n) is 6.98. The number of sulfonamides is 1. The van der Waals surface area contributed by atoms with Crippen molar-refractivity contribution in [1.29, 1.82) is 0 Å². The Balaban J connectivity index is 1.72. The van der Waals surface area contributed by atoms with Gasteiger partial charge in [-0.2, -0.15) is 0 Å². The highest BCUT2D eigenvalue weighted by Gasteiger charge is 2.17. The molecule has 0 heterocycles. The molecule has 0 spiro atoms. The van der Waals surface area contributed by atoms with Crippen LogP contribution in [0, 0.1) is 13.8 Å². The molecule has 0 aliphatic carbocycles. The van der Waals surface area contributed by atoms with Crippen molar-refractivity contribution in [3.8, 4) is 0 Å². The van der Waals surface area contributed by atoms with E-state index in [1.54, 1.807) is 43.3 Å². The number of primary amides is 1. The molecule has 3 rings (SSSR count). The zero-order valence-corrected chi connectivity index (χ0v) is 17.8. The van der Waals surface area contributed by atoms with Gasteiger partial charge >= 0.3 is 6.03 Å². The molecule has 3 aromatic carbocycles. The summed E-state index contributed by atoms with van der Waals surface area (Å²) in [6.07, 6.45) is 0. The van der Waals surface area contributed by atoms with Gasteiger partial charge in [0.1, 0.15) is 0 Å². The van der Waals surface area contributed by atoms with Gasteiger partial charge in [-0.15, -0.1) is 0 Å². The quantitative estimate of drug-likeness (QED) is 0.466. The van der Waals surface area contributed by atoms with E-state index in [4.69, 9.17) is 5.73 Å². The third-order valence-electron chi connectivity index (χ3n) is 4.42. The smallest absolute Gasteiger partial charge is 0.316 e. The molecule has 0 aromatic heterocycles. The van der Waals surface area contributed by atoms with Crippen LogP contribution >= 0.6 is 0 Å². The fourth-order valence-corrected chi connectivity index (χ4v) is 4.31. The van der Waals surface area contributed by atoms with Crippen molar-refractivity contribution in [3.05, 3.63) is 83.4 Å². The van der Waals surface area contributed by atoms with Crippen LogP contribution < -0.4 is 21.1 Å². The van der Waals surface area contributed by atoms with Crippen LogP contribution in [-0.2, 0) is 10.0 Å². The monoisotopic (exact) mass is 438 g/mol. The SMILES string of the molecule is Cc1ccc(C)c(S(=O)(=O)Nc2ccc(C(=O)Nc3cccc(NC(N)=O)c3)cc2)c1. The number of carbonyl (C=O) groups is 2. The van der Waals surface area contributed by atoms with Crippen LogP contribution in [0.2, 0.25) is 0 Å². The molecule has 0 unspecified atom stereocenters. The van der Waals surface area contributed by atoms with E-state index in [0.29, 0.717) is 28.2 Å². The van der Waals surface area contributed by atoms with Crippen LogP contribution in [-0.4, -0.2) is 20.4 Å². The lowest BCUT2D eigenvalue weighted by Gasteiger charge is -2.12. The average Bonchev–Trinajstić information content (AvgIpc) is 2.69. The average molecular weight is 439 g/mol. The topological polar surface area (TPSA) is 130 Å². The van der Waals surface area contributed by atoms with Gasteiger partial charge in [0.15, 0.2) is 0 Å². The van der Waals surface area contributed by atoms with Crippen molar-refractivity contribution in [2.45, 2.75) is 18.7 Å². The summed E-state index contributed by atoms with van der Waals surface area (Å²) in [5.74, 6) is -0.389. The Morgan fingerprint density at radius 2 is 1.45 bits per heavy atom. The van der Waals surface area contributed by atoms with Gasteiger partial charge in [-0.1, -0.05) is 18.2 Å². The van der Waals surface area contributed by atoms with E-state index in [1.807, 2.05) is 13.0 Å². The van der Waals surface area contributed by atoms with Gasteiger partial charge in [0.2, 0.25) is 0 Å². The number of hydrogen-bond acceptors (Lipinski definition) is 4. The van der Waals surface area contributed by atoms with Crippen LogP contribution in [0.3, 0.4) is 0 Å². The Morgan fingerprint density at radius 1 is 0.806 bits per heavy atom. The Hall–Kier alpha value is -3.85. The van der Waals surface area contributed by atoms with E-state index in [1.165, 1.54) is 24.3 Å². The van der Waals surface area contributed by atoms with E-state index in [2.05, 4.69) is 15.4 Å². The maximum atomic E-state index is 12.7. The molecule has 0 atom stereocenters. The highest BCUT2D eigenvalue weighted by Crippen LogP contribution is 2.21. The van der Waals surface area contributed by atoms with Crippen molar-refractivity contribution in [2.75, 3.05) is 15.4 Å². The first-order valence-corrected chi connectivity index (χ1v) is 10.8. The first-order chi connectivity index (χ1) is 14.6. The van der Waals surface area contributed by atoms with Crippen LogP contribution in [0.25, 0.3) is 0 Å². The van der Waals surface area contributed by atoms with Gasteiger partial charge in [-0.25, -0.2) is 13.2 Å². The molecule has 5 N–H and O–H groups in total. The minimum Gasteiger partial charge on any atom is -0.351 e. The fraction of sp³-hybridized carbons (Fsp3) is 0.0909. The molecule has 0 fully saturated rings. The van der Waals surface area contributed by atoms with E-state index < -0.39 is 16.1 Å². The summed E-state index contributed by atoms with van der Waals surface area (Å²) in [7, 11) is -3.76. The van der Waals surface area contributed by atoms with Gasteiger partial charge in [0.25, 0.3) is 15.9 Å². The summed E-state index contributed by atoms with van der Waals surface area (Å²) in [5.41, 5.74) is 8.16. The minimum absolute atomic E-state index is 0.207. The predicted octanol–water partition coefficient (Wildman–Crippen LogP) is 3.85. The second-order valence-corrected chi connectivity index (χ2v) is 8.63. The highest BCUT2D eigenvalue weighted by atomic mass is 32.2. The number of aryl methyl sites for hydroxylation is 2. The highest BCUT2D eigenvalue weighted by molar-refractivity contribution is 7.92. The van der Waals surface area contributed by atoms with Gasteiger partial charge in [0.05, 0.1) is 4.90 Å². The Bertz CT molecular complexity index is 1240. The predicted molar refractivity (Wildman–Crippen MR) is 121 cm³/mol. The van der Waals surface area contributed by atoms with Gasteiger partial charge < -0.3 is 16.4 Å². The lowest BCUT2D eigenvalue weighted by molar-refractivity contribution is 0.102. The number of hydrogen-bond donors (Lipinski definition) is 4. The zero-order chi connectivity index (χ0) is 22.6. The van der Waals surface area contributed by atoms with E-state index in [0.717, 1.165) is 5.56 Å². The molecule has 3 amide bonds. The number of anilines is 3. The molecule has 0 radical (unpaired) electrons.